The molecule has 1 amide bonds. The van der Waals surface area contributed by atoms with Crippen LogP contribution in [0.1, 0.15) is 12.7 Å². The van der Waals surface area contributed by atoms with Crippen molar-refractivity contribution in [2.75, 3.05) is 11.1 Å². The van der Waals surface area contributed by atoms with Crippen molar-refractivity contribution in [3.05, 3.63) is 58.6 Å². The Morgan fingerprint density at radius 3 is 2.68 bits per heavy atom. The molecule has 0 spiro atoms. The minimum Gasteiger partial charge on any atom is -0.324 e. The molecule has 0 bridgehead atoms. The van der Waals surface area contributed by atoms with Crippen LogP contribution in [-0.4, -0.2) is 31.2 Å². The molecule has 2 heterocycles. The normalized spacial score (nSPS) is 10.8. The molecule has 0 aliphatic carbocycles. The maximum Gasteiger partial charge on any atom is 0.234 e. The zero-order valence-corrected chi connectivity index (χ0v) is 15.6. The second-order valence-electron chi connectivity index (χ2n) is 5.09. The number of rotatable bonds is 6. The molecule has 2 aromatic heterocycles. The first-order valence-electron chi connectivity index (χ1n) is 7.54. The van der Waals surface area contributed by atoms with Gasteiger partial charge in [-0.25, -0.2) is 4.68 Å². The first-order chi connectivity index (χ1) is 12.1. The van der Waals surface area contributed by atoms with Crippen molar-refractivity contribution in [2.24, 2.45) is 0 Å². The Labute approximate surface area is 159 Å². The summed E-state index contributed by atoms with van der Waals surface area (Å²) in [6, 6.07) is 8.77. The summed E-state index contributed by atoms with van der Waals surface area (Å²) in [7, 11) is 0. The zero-order valence-electron chi connectivity index (χ0n) is 13.3. The van der Waals surface area contributed by atoms with E-state index in [2.05, 4.69) is 15.5 Å². The quantitative estimate of drug-likeness (QED) is 0.640. The molecule has 1 N–H and O–H groups in total. The fraction of sp³-hybridized carbons (Fsp3) is 0.188. The van der Waals surface area contributed by atoms with Crippen LogP contribution in [0.3, 0.4) is 0 Å². The summed E-state index contributed by atoms with van der Waals surface area (Å²) >= 11 is 13.2. The summed E-state index contributed by atoms with van der Waals surface area (Å²) in [6.07, 6.45) is 4.54. The van der Waals surface area contributed by atoms with Gasteiger partial charge in [0.2, 0.25) is 11.1 Å². The highest BCUT2D eigenvalue weighted by Crippen LogP contribution is 2.26. The van der Waals surface area contributed by atoms with Gasteiger partial charge in [0, 0.05) is 23.8 Å². The van der Waals surface area contributed by atoms with Crippen LogP contribution in [0.5, 0.6) is 0 Å². The Morgan fingerprint density at radius 1 is 1.24 bits per heavy atom. The number of halogens is 2. The van der Waals surface area contributed by atoms with E-state index in [1.165, 1.54) is 11.8 Å². The molecule has 9 heteroatoms. The number of hydrogen-bond acceptors (Lipinski definition) is 4. The molecule has 0 saturated carbocycles. The lowest BCUT2D eigenvalue weighted by Crippen LogP contribution is -2.16. The van der Waals surface area contributed by atoms with E-state index in [4.69, 9.17) is 23.2 Å². The van der Waals surface area contributed by atoms with Gasteiger partial charge in [0.25, 0.3) is 0 Å². The number of nitrogens with one attached hydrogen (secondary N) is 1. The van der Waals surface area contributed by atoms with Crippen LogP contribution in [0, 0.1) is 0 Å². The van der Waals surface area contributed by atoms with Gasteiger partial charge < -0.3 is 5.32 Å². The largest absolute Gasteiger partial charge is 0.324 e. The van der Waals surface area contributed by atoms with Crippen molar-refractivity contribution in [1.29, 1.82) is 0 Å². The van der Waals surface area contributed by atoms with Crippen molar-refractivity contribution in [1.82, 2.24) is 19.5 Å². The van der Waals surface area contributed by atoms with Gasteiger partial charge in [-0.3, -0.25) is 9.47 Å². The number of carbonyl (C=O) groups is 1. The SMILES string of the molecule is CCc1nnc(SCC(=O)Nc2ccc(Cl)cc2Cl)n1-n1cccc1. The van der Waals surface area contributed by atoms with Gasteiger partial charge in [-0.2, -0.15) is 0 Å². The molecule has 3 rings (SSSR count). The number of thioether (sulfide) groups is 1. The van der Waals surface area contributed by atoms with Crippen molar-refractivity contribution in [2.45, 2.75) is 18.5 Å². The second kappa shape index (κ2) is 7.95. The monoisotopic (exact) mass is 395 g/mol. The molecule has 3 aromatic rings. The molecule has 0 fully saturated rings. The van der Waals surface area contributed by atoms with Crippen molar-refractivity contribution in [3.63, 3.8) is 0 Å². The van der Waals surface area contributed by atoms with Crippen LogP contribution in [0.2, 0.25) is 10.0 Å². The summed E-state index contributed by atoms with van der Waals surface area (Å²) in [5.74, 6) is 0.816. The smallest absolute Gasteiger partial charge is 0.234 e. The number of amides is 1. The molecule has 6 nitrogen and oxygen atoms in total. The van der Waals surface area contributed by atoms with Gasteiger partial charge in [0.15, 0.2) is 5.82 Å². The molecule has 0 saturated heterocycles. The predicted octanol–water partition coefficient (Wildman–Crippen LogP) is 3.99. The minimum atomic E-state index is -0.186. The molecule has 0 unspecified atom stereocenters. The van der Waals surface area contributed by atoms with Crippen molar-refractivity contribution >= 4 is 46.6 Å². The van der Waals surface area contributed by atoms with Gasteiger partial charge in [-0.15, -0.1) is 10.2 Å². The number of anilines is 1. The average molecular weight is 396 g/mol. The Morgan fingerprint density at radius 2 is 2.00 bits per heavy atom. The lowest BCUT2D eigenvalue weighted by Gasteiger charge is -2.10. The molecule has 0 radical (unpaired) electrons. The Kier molecular flexibility index (Phi) is 5.67. The number of nitrogens with zero attached hydrogens (tertiary/aromatic N) is 4. The van der Waals surface area contributed by atoms with E-state index in [1.54, 1.807) is 18.2 Å². The number of aryl methyl sites for hydroxylation is 1. The van der Waals surface area contributed by atoms with E-state index < -0.39 is 0 Å². The summed E-state index contributed by atoms with van der Waals surface area (Å²) in [5.41, 5.74) is 0.526. The highest BCUT2D eigenvalue weighted by Gasteiger charge is 2.15. The third kappa shape index (κ3) is 4.18. The van der Waals surface area contributed by atoms with Crippen LogP contribution in [0.15, 0.2) is 47.9 Å². The van der Waals surface area contributed by atoms with Gasteiger partial charge in [0.05, 0.1) is 16.5 Å². The molecular formula is C16H15Cl2N5OS. The van der Waals surface area contributed by atoms with Crippen LogP contribution < -0.4 is 5.32 Å². The summed E-state index contributed by atoms with van der Waals surface area (Å²) in [4.78, 5) is 12.2. The van der Waals surface area contributed by atoms with Crippen LogP contribution in [0.25, 0.3) is 0 Å². The highest BCUT2D eigenvalue weighted by atomic mass is 35.5. The molecular weight excluding hydrogens is 381 g/mol. The number of carbonyl (C=O) groups excluding carboxylic acids is 1. The first-order valence-corrected chi connectivity index (χ1v) is 9.28. The molecule has 25 heavy (non-hydrogen) atoms. The predicted molar refractivity (Wildman–Crippen MR) is 100 cm³/mol. The van der Waals surface area contributed by atoms with E-state index in [-0.39, 0.29) is 11.7 Å². The van der Waals surface area contributed by atoms with Crippen molar-refractivity contribution in [3.8, 4) is 0 Å². The highest BCUT2D eigenvalue weighted by molar-refractivity contribution is 7.99. The van der Waals surface area contributed by atoms with Gasteiger partial charge in [-0.1, -0.05) is 41.9 Å². The fourth-order valence-corrected chi connectivity index (χ4v) is 3.41. The fourth-order valence-electron chi connectivity index (χ4n) is 2.20. The third-order valence-corrected chi connectivity index (χ3v) is 4.82. The average Bonchev–Trinajstić information content (AvgIpc) is 3.24. The number of aromatic nitrogens is 4. The Hall–Kier alpha value is -1.96. The van der Waals surface area contributed by atoms with E-state index in [9.17, 15) is 4.79 Å². The summed E-state index contributed by atoms with van der Waals surface area (Å²) < 4.78 is 3.77. The van der Waals surface area contributed by atoms with Crippen molar-refractivity contribution < 1.29 is 4.79 Å². The first kappa shape index (κ1) is 17.8. The van der Waals surface area contributed by atoms with Gasteiger partial charge in [0.1, 0.15) is 0 Å². The van der Waals surface area contributed by atoms with E-state index in [1.807, 2.05) is 40.8 Å². The lowest BCUT2D eigenvalue weighted by molar-refractivity contribution is -0.113. The number of hydrogen-bond donors (Lipinski definition) is 1. The minimum absolute atomic E-state index is 0.183. The number of benzene rings is 1. The molecule has 1 aromatic carbocycles. The third-order valence-electron chi connectivity index (χ3n) is 3.35. The Bertz CT molecular complexity index is 879. The maximum atomic E-state index is 12.2. The molecule has 130 valence electrons. The second-order valence-corrected chi connectivity index (χ2v) is 6.87. The van der Waals surface area contributed by atoms with E-state index in [0.717, 1.165) is 12.2 Å². The van der Waals surface area contributed by atoms with Crippen LogP contribution in [-0.2, 0) is 11.2 Å². The van der Waals surface area contributed by atoms with Gasteiger partial charge >= 0.3 is 0 Å². The summed E-state index contributed by atoms with van der Waals surface area (Å²) in [6.45, 7) is 2.01. The maximum absolute atomic E-state index is 12.2. The van der Waals surface area contributed by atoms with E-state index in [0.29, 0.717) is 20.9 Å². The van der Waals surface area contributed by atoms with Crippen LogP contribution in [0.4, 0.5) is 5.69 Å². The van der Waals surface area contributed by atoms with E-state index >= 15 is 0 Å². The standard InChI is InChI=1S/C16H15Cl2N5OS/c1-2-14-20-21-16(23(14)22-7-3-4-8-22)25-10-15(24)19-13-6-5-11(17)9-12(13)18/h3-9H,2,10H2,1H3,(H,19,24). The van der Waals surface area contributed by atoms with Gasteiger partial charge in [-0.05, 0) is 30.3 Å². The lowest BCUT2D eigenvalue weighted by atomic mass is 10.3. The molecule has 0 aliphatic heterocycles. The molecule has 0 aliphatic rings. The zero-order chi connectivity index (χ0) is 17.8. The van der Waals surface area contributed by atoms with Crippen LogP contribution >= 0.6 is 35.0 Å². The molecule has 0 atom stereocenters. The topological polar surface area (TPSA) is 64.7 Å². The Balaban J connectivity index is 1.69. The summed E-state index contributed by atoms with van der Waals surface area (Å²) in [5, 5.41) is 12.7.